The number of aromatic nitrogens is 1. The van der Waals surface area contributed by atoms with Gasteiger partial charge in [-0.25, -0.2) is 12.7 Å². The molecule has 11 heteroatoms. The lowest BCUT2D eigenvalue weighted by molar-refractivity contribution is -0.118. The molecule has 36 heavy (non-hydrogen) atoms. The summed E-state index contributed by atoms with van der Waals surface area (Å²) in [6.07, 6.45) is 3.05. The van der Waals surface area contributed by atoms with Gasteiger partial charge in [-0.05, 0) is 47.0 Å². The van der Waals surface area contributed by atoms with Crippen molar-refractivity contribution in [3.63, 3.8) is 0 Å². The number of anilines is 3. The number of nitrogens with zero attached hydrogens (tertiary/aromatic N) is 2. The van der Waals surface area contributed by atoms with Crippen LogP contribution in [-0.2, 0) is 14.8 Å². The van der Waals surface area contributed by atoms with Gasteiger partial charge in [-0.2, -0.15) is 0 Å². The third kappa shape index (κ3) is 4.74. The van der Waals surface area contributed by atoms with Gasteiger partial charge in [0, 0.05) is 32.2 Å². The number of benzene rings is 2. The minimum Gasteiger partial charge on any atom is -0.368 e. The van der Waals surface area contributed by atoms with E-state index in [2.05, 4.69) is 15.6 Å². The first-order valence-electron chi connectivity index (χ1n) is 10.8. The van der Waals surface area contributed by atoms with E-state index in [4.69, 9.17) is 5.73 Å². The lowest BCUT2D eigenvalue weighted by atomic mass is 9.98. The van der Waals surface area contributed by atoms with Crippen molar-refractivity contribution >= 4 is 33.0 Å². The van der Waals surface area contributed by atoms with Crippen LogP contribution in [0.5, 0.6) is 0 Å². The Balaban J connectivity index is 1.67. The van der Waals surface area contributed by atoms with Crippen LogP contribution in [0.25, 0.3) is 11.1 Å². The Labute approximate surface area is 207 Å². The van der Waals surface area contributed by atoms with E-state index in [1.165, 1.54) is 38.6 Å². The zero-order valence-corrected chi connectivity index (χ0v) is 20.2. The molecule has 0 aliphatic carbocycles. The Morgan fingerprint density at radius 1 is 0.917 bits per heavy atom. The smallest absolute Gasteiger partial charge is 0.253 e. The molecule has 184 valence electrons. The fourth-order valence-corrected chi connectivity index (χ4v) is 4.58. The molecule has 1 amide bonds. The van der Waals surface area contributed by atoms with Gasteiger partial charge in [0.05, 0.1) is 4.90 Å². The fraction of sp³-hybridized carbons (Fsp3) is 0.120. The van der Waals surface area contributed by atoms with Crippen molar-refractivity contribution in [3.05, 3.63) is 99.1 Å². The van der Waals surface area contributed by atoms with Gasteiger partial charge in [0.15, 0.2) is 0 Å². The summed E-state index contributed by atoms with van der Waals surface area (Å²) in [5.74, 6) is -0.765. The maximum atomic E-state index is 12.5. The Kier molecular flexibility index (Phi) is 6.69. The number of hydrogen-bond donors (Lipinski definition) is 3. The summed E-state index contributed by atoms with van der Waals surface area (Å²) >= 11 is 0. The summed E-state index contributed by atoms with van der Waals surface area (Å²) in [5.41, 5.74) is 6.36. The third-order valence-electron chi connectivity index (χ3n) is 5.60. The molecular weight excluding hydrogens is 482 g/mol. The van der Waals surface area contributed by atoms with Crippen molar-refractivity contribution in [2.24, 2.45) is 5.73 Å². The van der Waals surface area contributed by atoms with E-state index in [1.807, 2.05) is 0 Å². The lowest BCUT2D eigenvalue weighted by Gasteiger charge is -2.21. The molecule has 1 unspecified atom stereocenters. The van der Waals surface area contributed by atoms with Gasteiger partial charge in [0.25, 0.3) is 10.9 Å². The van der Waals surface area contributed by atoms with Crippen molar-refractivity contribution in [3.8, 4) is 11.1 Å². The summed E-state index contributed by atoms with van der Waals surface area (Å²) in [4.78, 5) is 40.8. The molecule has 3 aromatic carbocycles. The number of sulfonamides is 1. The molecule has 4 aromatic rings. The molecule has 0 bridgehead atoms. The lowest BCUT2D eigenvalue weighted by Crippen LogP contribution is -2.39. The van der Waals surface area contributed by atoms with Crippen molar-refractivity contribution in [2.45, 2.75) is 10.9 Å². The number of amides is 1. The van der Waals surface area contributed by atoms with Gasteiger partial charge in [-0.1, -0.05) is 30.3 Å². The molecule has 1 heterocycles. The van der Waals surface area contributed by atoms with Crippen molar-refractivity contribution in [2.75, 3.05) is 24.7 Å². The van der Waals surface area contributed by atoms with E-state index < -0.39 is 32.8 Å². The second kappa shape index (κ2) is 9.72. The summed E-state index contributed by atoms with van der Waals surface area (Å²) in [6, 6.07) is 15.3. The Morgan fingerprint density at radius 2 is 1.53 bits per heavy atom. The molecule has 0 radical (unpaired) electrons. The van der Waals surface area contributed by atoms with Crippen LogP contribution in [0.4, 0.5) is 17.1 Å². The highest BCUT2D eigenvalue weighted by molar-refractivity contribution is 7.89. The molecule has 0 saturated carbocycles. The molecule has 4 N–H and O–H groups in total. The maximum Gasteiger partial charge on any atom is 0.253 e. The largest absolute Gasteiger partial charge is 0.368 e. The second-order valence-electron chi connectivity index (χ2n) is 8.19. The zero-order valence-electron chi connectivity index (χ0n) is 19.4. The minimum absolute atomic E-state index is 0.0233. The number of pyridine rings is 1. The van der Waals surface area contributed by atoms with Crippen LogP contribution in [0.15, 0.2) is 87.5 Å². The molecule has 0 spiro atoms. The van der Waals surface area contributed by atoms with E-state index >= 15 is 0 Å². The quantitative estimate of drug-likeness (QED) is 0.292. The normalized spacial score (nSPS) is 12.4. The summed E-state index contributed by atoms with van der Waals surface area (Å²) in [7, 11) is -0.744. The fourth-order valence-electron chi connectivity index (χ4n) is 3.64. The SMILES string of the molecule is CN(C)S(=O)(=O)c1cccc(-c2cccc(C(Nc3c(Nc4ccncc4)c(=O)c3=O)C(N)=O)c2)c1. The summed E-state index contributed by atoms with van der Waals surface area (Å²) < 4.78 is 26.2. The molecule has 0 aliphatic rings. The van der Waals surface area contributed by atoms with Crippen LogP contribution in [0.3, 0.4) is 0 Å². The Bertz CT molecular complexity index is 1610. The van der Waals surface area contributed by atoms with Crippen LogP contribution in [-0.4, -0.2) is 37.7 Å². The van der Waals surface area contributed by atoms with Crippen LogP contribution >= 0.6 is 0 Å². The number of nitrogens with two attached hydrogens (primary N) is 1. The highest BCUT2D eigenvalue weighted by atomic mass is 32.2. The van der Waals surface area contributed by atoms with Gasteiger partial charge in [0.2, 0.25) is 15.9 Å². The van der Waals surface area contributed by atoms with Crippen molar-refractivity contribution < 1.29 is 13.2 Å². The van der Waals surface area contributed by atoms with Crippen LogP contribution in [0.2, 0.25) is 0 Å². The molecule has 4 rings (SSSR count). The number of hydrogen-bond acceptors (Lipinski definition) is 8. The molecule has 0 saturated heterocycles. The number of carbonyl (C=O) groups excluding carboxylic acids is 1. The highest BCUT2D eigenvalue weighted by Crippen LogP contribution is 2.29. The van der Waals surface area contributed by atoms with Crippen molar-refractivity contribution in [1.29, 1.82) is 0 Å². The first kappa shape index (κ1) is 24.8. The van der Waals surface area contributed by atoms with Gasteiger partial charge in [0.1, 0.15) is 17.4 Å². The first-order valence-corrected chi connectivity index (χ1v) is 12.2. The molecule has 10 nitrogen and oxygen atoms in total. The topological polar surface area (TPSA) is 152 Å². The molecule has 0 fully saturated rings. The van der Waals surface area contributed by atoms with E-state index in [0.29, 0.717) is 22.4 Å². The van der Waals surface area contributed by atoms with E-state index in [9.17, 15) is 22.8 Å². The van der Waals surface area contributed by atoms with Gasteiger partial charge in [-0.3, -0.25) is 19.4 Å². The minimum atomic E-state index is -3.64. The van der Waals surface area contributed by atoms with Crippen LogP contribution in [0, 0.1) is 0 Å². The number of carbonyl (C=O) groups is 1. The standard InChI is InChI=1S/C25H23N5O5S/c1-30(2)36(34,35)19-8-4-6-16(14-19)15-5-3-7-17(13-15)20(25(26)33)29-22-21(23(31)24(22)32)28-18-9-11-27-12-10-18/h3-14,20,29H,1-2H3,(H2,26,33)(H,27,28). The monoisotopic (exact) mass is 505 g/mol. The molecule has 1 atom stereocenters. The number of rotatable bonds is 9. The Hall–Kier alpha value is -4.35. The zero-order chi connectivity index (χ0) is 26.0. The van der Waals surface area contributed by atoms with Gasteiger partial charge < -0.3 is 16.4 Å². The average Bonchev–Trinajstić information content (AvgIpc) is 2.88. The molecular formula is C25H23N5O5S. The highest BCUT2D eigenvalue weighted by Gasteiger charge is 2.27. The third-order valence-corrected chi connectivity index (χ3v) is 7.41. The van der Waals surface area contributed by atoms with E-state index in [1.54, 1.807) is 48.5 Å². The predicted molar refractivity (Wildman–Crippen MR) is 137 cm³/mol. The second-order valence-corrected chi connectivity index (χ2v) is 10.3. The summed E-state index contributed by atoms with van der Waals surface area (Å²) in [5, 5.41) is 5.67. The van der Waals surface area contributed by atoms with E-state index in [-0.39, 0.29) is 16.3 Å². The van der Waals surface area contributed by atoms with Crippen molar-refractivity contribution in [1.82, 2.24) is 9.29 Å². The first-order chi connectivity index (χ1) is 17.1. The van der Waals surface area contributed by atoms with Crippen LogP contribution < -0.4 is 27.2 Å². The van der Waals surface area contributed by atoms with E-state index in [0.717, 1.165) is 4.31 Å². The maximum absolute atomic E-state index is 12.5. The van der Waals surface area contributed by atoms with Gasteiger partial charge in [-0.15, -0.1) is 0 Å². The predicted octanol–water partition coefficient (Wildman–Crippen LogP) is 1.98. The van der Waals surface area contributed by atoms with Gasteiger partial charge >= 0.3 is 0 Å². The molecule has 1 aromatic heterocycles. The summed E-state index contributed by atoms with van der Waals surface area (Å²) in [6.45, 7) is 0. The average molecular weight is 506 g/mol. The number of primary amides is 1. The molecule has 0 aliphatic heterocycles. The van der Waals surface area contributed by atoms with Crippen LogP contribution in [0.1, 0.15) is 11.6 Å². The number of nitrogens with one attached hydrogen (secondary N) is 2. The Morgan fingerprint density at radius 3 is 2.17 bits per heavy atom.